The van der Waals surface area contributed by atoms with Crippen molar-refractivity contribution in [2.75, 3.05) is 25.7 Å². The van der Waals surface area contributed by atoms with Crippen molar-refractivity contribution < 1.29 is 9.47 Å². The van der Waals surface area contributed by atoms with Crippen LogP contribution >= 0.6 is 11.8 Å². The Bertz CT molecular complexity index is 635. The summed E-state index contributed by atoms with van der Waals surface area (Å²) in [4.78, 5) is 4.46. The second-order valence-electron chi connectivity index (χ2n) is 5.27. The van der Waals surface area contributed by atoms with Crippen LogP contribution in [0.2, 0.25) is 0 Å². The smallest absolute Gasteiger partial charge is 0.201 e. The van der Waals surface area contributed by atoms with E-state index in [1.54, 1.807) is 14.2 Å². The Kier molecular flexibility index (Phi) is 4.14. The summed E-state index contributed by atoms with van der Waals surface area (Å²) in [6.45, 7) is 0.905. The Morgan fingerprint density at radius 1 is 1.29 bits per heavy atom. The van der Waals surface area contributed by atoms with Gasteiger partial charge in [-0.3, -0.25) is 0 Å². The van der Waals surface area contributed by atoms with Crippen LogP contribution in [0.25, 0.3) is 11.0 Å². The number of methoxy groups -OCH3 is 2. The van der Waals surface area contributed by atoms with E-state index in [9.17, 15) is 0 Å². The van der Waals surface area contributed by atoms with Gasteiger partial charge in [-0.1, -0.05) is 6.42 Å². The molecule has 21 heavy (non-hydrogen) atoms. The molecule has 5 nitrogen and oxygen atoms in total. The Balaban J connectivity index is 1.98. The third-order valence-electron chi connectivity index (χ3n) is 3.94. The quantitative estimate of drug-likeness (QED) is 0.941. The van der Waals surface area contributed by atoms with Crippen LogP contribution in [0.3, 0.4) is 0 Å². The maximum Gasteiger partial charge on any atom is 0.201 e. The fourth-order valence-corrected chi connectivity index (χ4v) is 4.11. The lowest BCUT2D eigenvalue weighted by molar-refractivity contribution is 0.355. The molecule has 6 heteroatoms. The summed E-state index contributed by atoms with van der Waals surface area (Å²) in [5.74, 6) is 3.20. The molecular weight excluding hydrogens is 286 g/mol. The fraction of sp³-hybridized carbons (Fsp3) is 0.533. The number of thioether (sulfide) groups is 1. The van der Waals surface area contributed by atoms with Gasteiger partial charge in [-0.05, 0) is 18.6 Å². The second kappa shape index (κ2) is 6.05. The van der Waals surface area contributed by atoms with Gasteiger partial charge in [-0.2, -0.15) is 11.8 Å². The first-order valence-electron chi connectivity index (χ1n) is 7.22. The van der Waals surface area contributed by atoms with E-state index in [2.05, 4.69) is 9.55 Å². The maximum atomic E-state index is 6.11. The predicted octanol–water partition coefficient (Wildman–Crippen LogP) is 2.92. The van der Waals surface area contributed by atoms with Gasteiger partial charge in [0, 0.05) is 23.9 Å². The van der Waals surface area contributed by atoms with Crippen LogP contribution in [0.15, 0.2) is 12.1 Å². The number of nitrogens with two attached hydrogens (primary N) is 1. The molecule has 0 spiro atoms. The zero-order valence-electron chi connectivity index (χ0n) is 12.5. The van der Waals surface area contributed by atoms with Gasteiger partial charge in [0.25, 0.3) is 0 Å². The molecule has 0 radical (unpaired) electrons. The first-order chi connectivity index (χ1) is 10.2. The van der Waals surface area contributed by atoms with Gasteiger partial charge >= 0.3 is 0 Å². The molecule has 1 saturated heterocycles. The second-order valence-corrected chi connectivity index (χ2v) is 6.67. The lowest BCUT2D eigenvalue weighted by Crippen LogP contribution is -2.18. The van der Waals surface area contributed by atoms with Gasteiger partial charge in [0.2, 0.25) is 5.95 Å². The third-order valence-corrected chi connectivity index (χ3v) is 5.32. The highest BCUT2D eigenvalue weighted by Crippen LogP contribution is 2.34. The lowest BCUT2D eigenvalue weighted by Gasteiger charge is -2.22. The van der Waals surface area contributed by atoms with Crippen LogP contribution in [0.1, 0.15) is 19.3 Å². The fourth-order valence-electron chi connectivity index (χ4n) is 2.82. The Morgan fingerprint density at radius 2 is 2.05 bits per heavy atom. The average Bonchev–Trinajstić information content (AvgIpc) is 2.82. The Labute approximate surface area is 128 Å². The molecule has 0 bridgehead atoms. The van der Waals surface area contributed by atoms with Gasteiger partial charge in [0.05, 0.1) is 25.3 Å². The minimum Gasteiger partial charge on any atom is -0.493 e. The van der Waals surface area contributed by atoms with Gasteiger partial charge in [-0.25, -0.2) is 4.98 Å². The van der Waals surface area contributed by atoms with Crippen LogP contribution in [-0.4, -0.2) is 34.8 Å². The average molecular weight is 307 g/mol. The molecule has 1 aliphatic heterocycles. The predicted molar refractivity (Wildman–Crippen MR) is 87.3 cm³/mol. The van der Waals surface area contributed by atoms with Crippen molar-refractivity contribution in [3.05, 3.63) is 12.1 Å². The van der Waals surface area contributed by atoms with Gasteiger partial charge in [0.15, 0.2) is 11.5 Å². The van der Waals surface area contributed by atoms with E-state index in [1.807, 2.05) is 23.9 Å². The van der Waals surface area contributed by atoms with E-state index < -0.39 is 0 Å². The maximum absolute atomic E-state index is 6.11. The highest BCUT2D eigenvalue weighted by atomic mass is 32.2. The van der Waals surface area contributed by atoms with E-state index in [0.717, 1.165) is 17.6 Å². The molecule has 3 rings (SSSR count). The summed E-state index contributed by atoms with van der Waals surface area (Å²) >= 11 is 2.04. The molecule has 114 valence electrons. The molecule has 0 aliphatic carbocycles. The molecule has 0 saturated carbocycles. The SMILES string of the molecule is COc1cc2nc(N)n(CC3CCCCS3)c2cc1OC. The summed E-state index contributed by atoms with van der Waals surface area (Å²) in [7, 11) is 3.27. The summed E-state index contributed by atoms with van der Waals surface area (Å²) < 4.78 is 12.8. The van der Waals surface area contributed by atoms with Crippen LogP contribution in [-0.2, 0) is 6.54 Å². The Morgan fingerprint density at radius 3 is 2.71 bits per heavy atom. The number of rotatable bonds is 4. The molecule has 1 unspecified atom stereocenters. The van der Waals surface area contributed by atoms with Crippen molar-refractivity contribution in [2.24, 2.45) is 0 Å². The molecule has 2 heterocycles. The van der Waals surface area contributed by atoms with E-state index >= 15 is 0 Å². The molecular formula is C15H21N3O2S. The molecule has 0 amide bonds. The first kappa shape index (κ1) is 14.4. The van der Waals surface area contributed by atoms with Crippen LogP contribution in [0.4, 0.5) is 5.95 Å². The first-order valence-corrected chi connectivity index (χ1v) is 8.27. The normalized spacial score (nSPS) is 18.9. The topological polar surface area (TPSA) is 62.3 Å². The van der Waals surface area contributed by atoms with E-state index in [1.165, 1.54) is 25.0 Å². The van der Waals surface area contributed by atoms with Gasteiger partial charge in [0.1, 0.15) is 0 Å². The number of ether oxygens (including phenoxy) is 2. The molecule has 1 fully saturated rings. The minimum atomic E-state index is 0.562. The molecule has 2 N–H and O–H groups in total. The number of benzene rings is 1. The lowest BCUT2D eigenvalue weighted by atomic mass is 10.2. The van der Waals surface area contributed by atoms with Crippen molar-refractivity contribution in [3.63, 3.8) is 0 Å². The van der Waals surface area contributed by atoms with Crippen LogP contribution in [0.5, 0.6) is 11.5 Å². The van der Waals surface area contributed by atoms with Crippen molar-refractivity contribution in [1.82, 2.24) is 9.55 Å². The van der Waals surface area contributed by atoms with E-state index in [-0.39, 0.29) is 0 Å². The van der Waals surface area contributed by atoms with Gasteiger partial charge in [-0.15, -0.1) is 0 Å². The summed E-state index contributed by atoms with van der Waals surface area (Å²) in [6.07, 6.45) is 3.88. The monoisotopic (exact) mass is 307 g/mol. The minimum absolute atomic E-state index is 0.562. The highest BCUT2D eigenvalue weighted by Gasteiger charge is 2.19. The third kappa shape index (κ3) is 2.77. The molecule has 1 aliphatic rings. The number of nitrogen functional groups attached to an aromatic ring is 1. The number of aromatic nitrogens is 2. The van der Waals surface area contributed by atoms with Crippen molar-refractivity contribution in [3.8, 4) is 11.5 Å². The van der Waals surface area contributed by atoms with Crippen molar-refractivity contribution in [2.45, 2.75) is 31.1 Å². The van der Waals surface area contributed by atoms with Gasteiger partial charge < -0.3 is 19.8 Å². The number of hydrogen-bond donors (Lipinski definition) is 1. The zero-order chi connectivity index (χ0) is 14.8. The highest BCUT2D eigenvalue weighted by molar-refractivity contribution is 7.99. The van der Waals surface area contributed by atoms with Crippen molar-refractivity contribution >= 4 is 28.7 Å². The number of hydrogen-bond acceptors (Lipinski definition) is 5. The molecule has 1 aromatic carbocycles. The van der Waals surface area contributed by atoms with Crippen LogP contribution in [0, 0.1) is 0 Å². The number of nitrogens with zero attached hydrogens (tertiary/aromatic N) is 2. The molecule has 1 aromatic heterocycles. The van der Waals surface area contributed by atoms with E-state index in [4.69, 9.17) is 15.2 Å². The summed E-state index contributed by atoms with van der Waals surface area (Å²) in [5, 5.41) is 0.617. The molecule has 2 aromatic rings. The van der Waals surface area contributed by atoms with E-state index in [0.29, 0.717) is 22.7 Å². The molecule has 1 atom stereocenters. The van der Waals surface area contributed by atoms with Crippen LogP contribution < -0.4 is 15.2 Å². The Hall–Kier alpha value is -1.56. The number of fused-ring (bicyclic) bond motifs is 1. The largest absolute Gasteiger partial charge is 0.493 e. The summed E-state index contributed by atoms with van der Waals surface area (Å²) in [6, 6.07) is 3.85. The zero-order valence-corrected chi connectivity index (χ0v) is 13.3. The summed E-state index contributed by atoms with van der Waals surface area (Å²) in [5.41, 5.74) is 7.98. The number of imidazole rings is 1. The van der Waals surface area contributed by atoms with Crippen molar-refractivity contribution in [1.29, 1.82) is 0 Å². The number of anilines is 1. The standard InChI is InChI=1S/C15H21N3O2S/c1-19-13-7-11-12(8-14(13)20-2)18(15(16)17-11)9-10-5-3-4-6-21-10/h7-8,10H,3-6,9H2,1-2H3,(H2,16,17).